The molecule has 1 atom stereocenters. The van der Waals surface area contributed by atoms with Gasteiger partial charge in [-0.3, -0.25) is 4.79 Å². The molecule has 0 aliphatic rings. The largest absolute Gasteiger partial charge is 0.354 e. The molecule has 4 heteroatoms. The number of halogens is 1. The summed E-state index contributed by atoms with van der Waals surface area (Å²) in [5, 5.41) is 2.82. The van der Waals surface area contributed by atoms with E-state index in [0.717, 1.165) is 11.1 Å². The molecule has 0 saturated heterocycles. The summed E-state index contributed by atoms with van der Waals surface area (Å²) >= 11 is 0. The van der Waals surface area contributed by atoms with Crippen LogP contribution >= 0.6 is 0 Å². The third-order valence-corrected chi connectivity index (χ3v) is 3.83. The molecule has 0 aliphatic carbocycles. The lowest BCUT2D eigenvalue weighted by atomic mass is 9.99. The summed E-state index contributed by atoms with van der Waals surface area (Å²) in [6, 6.07) is 13.8. The quantitative estimate of drug-likeness (QED) is 0.859. The number of nitrogens with one attached hydrogen (secondary N) is 1. The second-order valence-electron chi connectivity index (χ2n) is 6.04. The van der Waals surface area contributed by atoms with Crippen molar-refractivity contribution in [2.45, 2.75) is 32.2 Å². The molecule has 0 heterocycles. The highest BCUT2D eigenvalue weighted by atomic mass is 19.1. The van der Waals surface area contributed by atoms with E-state index in [1.165, 1.54) is 17.7 Å². The molecule has 0 spiro atoms. The molecular formula is C19H23FN2O. The van der Waals surface area contributed by atoms with Crippen LogP contribution in [0.2, 0.25) is 0 Å². The van der Waals surface area contributed by atoms with E-state index in [1.54, 1.807) is 12.1 Å². The molecule has 23 heavy (non-hydrogen) atoms. The van der Waals surface area contributed by atoms with Crippen molar-refractivity contribution in [2.24, 2.45) is 5.73 Å². The lowest BCUT2D eigenvalue weighted by molar-refractivity contribution is -0.120. The molecule has 0 fully saturated rings. The van der Waals surface area contributed by atoms with Gasteiger partial charge in [0.1, 0.15) is 5.82 Å². The standard InChI is InChI=1S/C19H23FN2O/c1-13(2)15-5-7-16(8-6-15)18(21)12-22-19(23)11-14-3-9-17(20)10-4-14/h3-10,13,18H,11-12,21H2,1-2H3,(H,22,23). The maximum absolute atomic E-state index is 12.8. The predicted molar refractivity (Wildman–Crippen MR) is 90.6 cm³/mol. The van der Waals surface area contributed by atoms with Crippen LogP contribution in [-0.2, 0) is 11.2 Å². The first kappa shape index (κ1) is 17.2. The van der Waals surface area contributed by atoms with Crippen LogP contribution in [0.4, 0.5) is 4.39 Å². The van der Waals surface area contributed by atoms with E-state index in [4.69, 9.17) is 5.73 Å². The summed E-state index contributed by atoms with van der Waals surface area (Å²) in [4.78, 5) is 11.9. The van der Waals surface area contributed by atoms with Crippen molar-refractivity contribution < 1.29 is 9.18 Å². The second-order valence-corrected chi connectivity index (χ2v) is 6.04. The summed E-state index contributed by atoms with van der Waals surface area (Å²) in [6.45, 7) is 4.66. The first-order chi connectivity index (χ1) is 11.0. The van der Waals surface area contributed by atoms with Gasteiger partial charge >= 0.3 is 0 Å². The number of nitrogens with two attached hydrogens (primary N) is 1. The van der Waals surface area contributed by atoms with E-state index < -0.39 is 0 Å². The number of benzene rings is 2. The Morgan fingerprint density at radius 1 is 1.04 bits per heavy atom. The highest BCUT2D eigenvalue weighted by Gasteiger charge is 2.09. The molecule has 1 unspecified atom stereocenters. The average Bonchev–Trinajstić information content (AvgIpc) is 2.55. The van der Waals surface area contributed by atoms with Crippen LogP contribution in [-0.4, -0.2) is 12.5 Å². The summed E-state index contributed by atoms with van der Waals surface area (Å²) in [6.07, 6.45) is 0.222. The molecule has 2 aromatic rings. The van der Waals surface area contributed by atoms with Gasteiger partial charge in [-0.15, -0.1) is 0 Å². The van der Waals surface area contributed by atoms with E-state index in [-0.39, 0.29) is 24.2 Å². The number of carbonyl (C=O) groups excluding carboxylic acids is 1. The Hall–Kier alpha value is -2.20. The van der Waals surface area contributed by atoms with Crippen LogP contribution < -0.4 is 11.1 Å². The van der Waals surface area contributed by atoms with Gasteiger partial charge in [0, 0.05) is 12.6 Å². The number of carbonyl (C=O) groups is 1. The molecule has 0 radical (unpaired) electrons. The zero-order valence-corrected chi connectivity index (χ0v) is 13.6. The van der Waals surface area contributed by atoms with Gasteiger partial charge in [0.2, 0.25) is 5.91 Å². The maximum Gasteiger partial charge on any atom is 0.224 e. The normalized spacial score (nSPS) is 12.2. The van der Waals surface area contributed by atoms with Crippen LogP contribution in [0.5, 0.6) is 0 Å². The molecule has 0 aromatic heterocycles. The molecule has 0 bridgehead atoms. The summed E-state index contributed by atoms with van der Waals surface area (Å²) in [5.41, 5.74) is 9.16. The number of hydrogen-bond acceptors (Lipinski definition) is 2. The van der Waals surface area contributed by atoms with Crippen molar-refractivity contribution >= 4 is 5.91 Å². The highest BCUT2D eigenvalue weighted by molar-refractivity contribution is 5.78. The minimum absolute atomic E-state index is 0.120. The van der Waals surface area contributed by atoms with Crippen LogP contribution in [0.1, 0.15) is 42.5 Å². The zero-order chi connectivity index (χ0) is 16.8. The van der Waals surface area contributed by atoms with Gasteiger partial charge in [-0.2, -0.15) is 0 Å². The van der Waals surface area contributed by atoms with E-state index in [9.17, 15) is 9.18 Å². The summed E-state index contributed by atoms with van der Waals surface area (Å²) in [5.74, 6) is 0.0579. The van der Waals surface area contributed by atoms with Crippen molar-refractivity contribution in [3.63, 3.8) is 0 Å². The Balaban J connectivity index is 1.84. The highest BCUT2D eigenvalue weighted by Crippen LogP contribution is 2.17. The van der Waals surface area contributed by atoms with Crippen LogP contribution in [0.15, 0.2) is 48.5 Å². The van der Waals surface area contributed by atoms with Crippen molar-refractivity contribution in [3.8, 4) is 0 Å². The Bertz CT molecular complexity index is 635. The minimum atomic E-state index is -0.305. The van der Waals surface area contributed by atoms with Crippen LogP contribution in [0, 0.1) is 5.82 Å². The van der Waals surface area contributed by atoms with Gasteiger partial charge in [0.25, 0.3) is 0 Å². The van der Waals surface area contributed by atoms with E-state index in [1.807, 2.05) is 12.1 Å². The lowest BCUT2D eigenvalue weighted by Gasteiger charge is -2.14. The van der Waals surface area contributed by atoms with Gasteiger partial charge < -0.3 is 11.1 Å². The number of amides is 1. The summed E-state index contributed by atoms with van der Waals surface area (Å²) in [7, 11) is 0. The van der Waals surface area contributed by atoms with E-state index in [0.29, 0.717) is 12.5 Å². The molecule has 3 nitrogen and oxygen atoms in total. The average molecular weight is 314 g/mol. The van der Waals surface area contributed by atoms with Gasteiger partial charge in [-0.1, -0.05) is 50.2 Å². The fourth-order valence-corrected chi connectivity index (χ4v) is 2.32. The predicted octanol–water partition coefficient (Wildman–Crippen LogP) is 3.31. The first-order valence-corrected chi connectivity index (χ1v) is 7.82. The second kappa shape index (κ2) is 7.88. The number of hydrogen-bond donors (Lipinski definition) is 2. The van der Waals surface area contributed by atoms with Crippen molar-refractivity contribution in [1.82, 2.24) is 5.32 Å². The van der Waals surface area contributed by atoms with Gasteiger partial charge in [-0.05, 0) is 34.7 Å². The van der Waals surface area contributed by atoms with Gasteiger partial charge in [0.15, 0.2) is 0 Å². The molecule has 3 N–H and O–H groups in total. The third kappa shape index (κ3) is 5.18. The Labute approximate surface area is 136 Å². The van der Waals surface area contributed by atoms with Crippen molar-refractivity contribution in [2.75, 3.05) is 6.54 Å². The lowest BCUT2D eigenvalue weighted by Crippen LogP contribution is -2.32. The molecule has 0 aliphatic heterocycles. The maximum atomic E-state index is 12.8. The molecule has 2 aromatic carbocycles. The Morgan fingerprint density at radius 3 is 2.17 bits per heavy atom. The van der Waals surface area contributed by atoms with E-state index >= 15 is 0 Å². The van der Waals surface area contributed by atoms with Crippen LogP contribution in [0.3, 0.4) is 0 Å². The fraction of sp³-hybridized carbons (Fsp3) is 0.316. The van der Waals surface area contributed by atoms with E-state index in [2.05, 4.69) is 31.3 Å². The molecular weight excluding hydrogens is 291 g/mol. The zero-order valence-electron chi connectivity index (χ0n) is 13.6. The fourth-order valence-electron chi connectivity index (χ4n) is 2.32. The molecule has 122 valence electrons. The minimum Gasteiger partial charge on any atom is -0.354 e. The topological polar surface area (TPSA) is 55.1 Å². The van der Waals surface area contributed by atoms with Gasteiger partial charge in [0.05, 0.1) is 6.42 Å². The first-order valence-electron chi connectivity index (χ1n) is 7.82. The monoisotopic (exact) mass is 314 g/mol. The Morgan fingerprint density at radius 2 is 1.61 bits per heavy atom. The SMILES string of the molecule is CC(C)c1ccc(C(N)CNC(=O)Cc2ccc(F)cc2)cc1. The van der Waals surface area contributed by atoms with Crippen molar-refractivity contribution in [1.29, 1.82) is 0 Å². The number of rotatable bonds is 6. The summed E-state index contributed by atoms with van der Waals surface area (Å²) < 4.78 is 12.8. The van der Waals surface area contributed by atoms with Crippen LogP contribution in [0.25, 0.3) is 0 Å². The Kier molecular flexibility index (Phi) is 5.88. The molecule has 1 amide bonds. The molecule has 0 saturated carbocycles. The van der Waals surface area contributed by atoms with Crippen molar-refractivity contribution in [3.05, 3.63) is 71.0 Å². The molecule has 2 rings (SSSR count). The smallest absolute Gasteiger partial charge is 0.224 e. The van der Waals surface area contributed by atoms with Gasteiger partial charge in [-0.25, -0.2) is 4.39 Å². The third-order valence-electron chi connectivity index (χ3n) is 3.83.